The molecule has 0 aliphatic carbocycles. The van der Waals surface area contributed by atoms with Crippen LogP contribution in [0.4, 0.5) is 4.79 Å². The molecule has 0 bridgehead atoms. The number of ether oxygens (including phenoxy) is 1. The third-order valence-corrected chi connectivity index (χ3v) is 6.40. The second kappa shape index (κ2) is 9.24. The molecule has 1 saturated heterocycles. The summed E-state index contributed by atoms with van der Waals surface area (Å²) >= 11 is 0. The van der Waals surface area contributed by atoms with Gasteiger partial charge in [-0.15, -0.1) is 0 Å². The molecule has 0 spiro atoms. The number of carbonyl (C=O) groups excluding carboxylic acids is 2. The monoisotopic (exact) mass is 466 g/mol. The molecule has 1 heterocycles. The Morgan fingerprint density at radius 2 is 1.51 bits per heavy atom. The van der Waals surface area contributed by atoms with Crippen LogP contribution < -0.4 is 10.1 Å². The number of fused-ring (bicyclic) bond motifs is 1. The Balaban J connectivity index is 1.22. The number of imide groups is 1. The summed E-state index contributed by atoms with van der Waals surface area (Å²) < 4.78 is 5.70. The lowest BCUT2D eigenvalue weighted by atomic mass is 9.90. The fourth-order valence-electron chi connectivity index (χ4n) is 4.39. The number of β-amino-alcohol motifs (C(OH)–C–C–N with tert-alkyl or cyclic N) is 1. The van der Waals surface area contributed by atoms with Gasteiger partial charge in [0.25, 0.3) is 5.91 Å². The molecule has 6 nitrogen and oxygen atoms in total. The molecule has 0 radical (unpaired) electrons. The quantitative estimate of drug-likeness (QED) is 0.387. The van der Waals surface area contributed by atoms with Gasteiger partial charge in [-0.2, -0.15) is 0 Å². The number of carbonyl (C=O) groups is 2. The molecule has 5 rings (SSSR count). The summed E-state index contributed by atoms with van der Waals surface area (Å²) in [5.41, 5.74) is 1.66. The van der Waals surface area contributed by atoms with Crippen molar-refractivity contribution in [3.8, 4) is 16.9 Å². The first-order valence-corrected chi connectivity index (χ1v) is 11.5. The van der Waals surface area contributed by atoms with Crippen molar-refractivity contribution in [2.75, 3.05) is 13.2 Å². The Labute approximate surface area is 203 Å². The number of urea groups is 1. The first-order valence-electron chi connectivity index (χ1n) is 11.5. The van der Waals surface area contributed by atoms with Crippen LogP contribution in [0.5, 0.6) is 5.75 Å². The molecule has 6 heteroatoms. The highest BCUT2D eigenvalue weighted by Gasteiger charge is 2.49. The van der Waals surface area contributed by atoms with Gasteiger partial charge in [-0.05, 0) is 52.6 Å². The first-order chi connectivity index (χ1) is 16.9. The lowest BCUT2D eigenvalue weighted by molar-refractivity contribution is -0.132. The van der Waals surface area contributed by atoms with Crippen molar-refractivity contribution in [1.29, 1.82) is 0 Å². The fraction of sp³-hybridized carbons (Fsp3) is 0.172. The standard InChI is InChI=1S/C29H26N2O4/c1-29(24-14-11-21-9-5-6-10-23(21)17-24)27(33)31(28(34)30-29)18-25(32)19-35-26-15-12-22(13-16-26)20-7-3-2-4-8-20/h2-17,25,32H,18-19H2,1H3,(H,30,34). The van der Waals surface area contributed by atoms with E-state index in [0.717, 1.165) is 26.8 Å². The zero-order valence-corrected chi connectivity index (χ0v) is 19.3. The molecule has 35 heavy (non-hydrogen) atoms. The van der Waals surface area contributed by atoms with Crippen LogP contribution in [0.25, 0.3) is 21.9 Å². The van der Waals surface area contributed by atoms with Gasteiger partial charge >= 0.3 is 6.03 Å². The van der Waals surface area contributed by atoms with E-state index in [9.17, 15) is 14.7 Å². The summed E-state index contributed by atoms with van der Waals surface area (Å²) in [5, 5.41) is 15.4. The highest BCUT2D eigenvalue weighted by Crippen LogP contribution is 2.31. The van der Waals surface area contributed by atoms with E-state index in [0.29, 0.717) is 11.3 Å². The molecule has 176 valence electrons. The topological polar surface area (TPSA) is 78.9 Å². The van der Waals surface area contributed by atoms with E-state index in [4.69, 9.17) is 4.74 Å². The van der Waals surface area contributed by atoms with Gasteiger partial charge in [-0.1, -0.05) is 78.9 Å². The van der Waals surface area contributed by atoms with Crippen molar-refractivity contribution in [2.24, 2.45) is 0 Å². The number of aliphatic hydroxyl groups excluding tert-OH is 1. The van der Waals surface area contributed by atoms with E-state index in [-0.39, 0.29) is 13.2 Å². The van der Waals surface area contributed by atoms with Crippen LogP contribution in [-0.2, 0) is 10.3 Å². The lowest BCUT2D eigenvalue weighted by Crippen LogP contribution is -2.42. The largest absolute Gasteiger partial charge is 0.491 e. The highest BCUT2D eigenvalue weighted by molar-refractivity contribution is 6.07. The van der Waals surface area contributed by atoms with Gasteiger partial charge in [0.2, 0.25) is 0 Å². The molecule has 1 aliphatic rings. The van der Waals surface area contributed by atoms with Crippen molar-refractivity contribution < 1.29 is 19.4 Å². The number of hydrogen-bond donors (Lipinski definition) is 2. The number of nitrogens with one attached hydrogen (secondary N) is 1. The Hall–Kier alpha value is -4.16. The van der Waals surface area contributed by atoms with Crippen molar-refractivity contribution in [1.82, 2.24) is 10.2 Å². The number of benzene rings is 4. The minimum atomic E-state index is -1.20. The summed E-state index contributed by atoms with van der Waals surface area (Å²) in [6.07, 6.45) is -1.03. The van der Waals surface area contributed by atoms with Crippen LogP contribution in [0.15, 0.2) is 97.1 Å². The van der Waals surface area contributed by atoms with E-state index in [2.05, 4.69) is 5.32 Å². The molecule has 2 unspecified atom stereocenters. The van der Waals surface area contributed by atoms with Gasteiger partial charge in [0.1, 0.15) is 24.0 Å². The fourth-order valence-corrected chi connectivity index (χ4v) is 4.39. The second-order valence-corrected chi connectivity index (χ2v) is 8.89. The first kappa shape index (κ1) is 22.6. The summed E-state index contributed by atoms with van der Waals surface area (Å²) in [5.74, 6) is 0.200. The third kappa shape index (κ3) is 4.48. The van der Waals surface area contributed by atoms with Crippen LogP contribution in [-0.4, -0.2) is 41.2 Å². The van der Waals surface area contributed by atoms with Crippen LogP contribution >= 0.6 is 0 Å². The number of hydrogen-bond acceptors (Lipinski definition) is 4. The Morgan fingerprint density at radius 1 is 0.857 bits per heavy atom. The SMILES string of the molecule is CC1(c2ccc3ccccc3c2)NC(=O)N(CC(O)COc2ccc(-c3ccccc3)cc2)C1=O. The summed E-state index contributed by atoms with van der Waals surface area (Å²) in [6, 6.07) is 30.6. The maximum absolute atomic E-state index is 13.2. The maximum Gasteiger partial charge on any atom is 0.325 e. The number of amides is 3. The molecule has 1 aliphatic heterocycles. The van der Waals surface area contributed by atoms with E-state index in [1.807, 2.05) is 97.1 Å². The van der Waals surface area contributed by atoms with Gasteiger partial charge in [0, 0.05) is 0 Å². The van der Waals surface area contributed by atoms with Gasteiger partial charge < -0.3 is 15.2 Å². The Bertz CT molecular complexity index is 1370. The molecular formula is C29H26N2O4. The molecule has 1 fully saturated rings. The Kier molecular flexibility index (Phi) is 5.97. The van der Waals surface area contributed by atoms with Crippen LogP contribution in [0.2, 0.25) is 0 Å². The minimum Gasteiger partial charge on any atom is -0.491 e. The number of nitrogens with zero attached hydrogens (tertiary/aromatic N) is 1. The van der Waals surface area contributed by atoms with E-state index >= 15 is 0 Å². The second-order valence-electron chi connectivity index (χ2n) is 8.89. The molecular weight excluding hydrogens is 440 g/mol. The molecule has 0 aromatic heterocycles. The van der Waals surface area contributed by atoms with Gasteiger partial charge in [0.05, 0.1) is 6.54 Å². The lowest BCUT2D eigenvalue weighted by Gasteiger charge is -2.23. The summed E-state index contributed by atoms with van der Waals surface area (Å²) in [7, 11) is 0. The molecule has 0 saturated carbocycles. The molecule has 4 aromatic rings. The van der Waals surface area contributed by atoms with Gasteiger partial charge in [0.15, 0.2) is 0 Å². The van der Waals surface area contributed by atoms with Crippen molar-refractivity contribution in [3.05, 3.63) is 103 Å². The number of aliphatic hydroxyl groups is 1. The van der Waals surface area contributed by atoms with Crippen LogP contribution in [0.3, 0.4) is 0 Å². The van der Waals surface area contributed by atoms with E-state index in [1.54, 1.807) is 6.92 Å². The average molecular weight is 467 g/mol. The maximum atomic E-state index is 13.2. The van der Waals surface area contributed by atoms with Crippen LogP contribution in [0.1, 0.15) is 12.5 Å². The normalized spacial score (nSPS) is 18.5. The zero-order chi connectivity index (χ0) is 24.4. The van der Waals surface area contributed by atoms with E-state index in [1.165, 1.54) is 0 Å². The smallest absolute Gasteiger partial charge is 0.325 e. The van der Waals surface area contributed by atoms with Crippen molar-refractivity contribution >= 4 is 22.7 Å². The highest BCUT2D eigenvalue weighted by atomic mass is 16.5. The summed E-state index contributed by atoms with van der Waals surface area (Å²) in [6.45, 7) is 1.49. The third-order valence-electron chi connectivity index (χ3n) is 6.40. The van der Waals surface area contributed by atoms with Gasteiger partial charge in [-0.25, -0.2) is 4.79 Å². The molecule has 4 aromatic carbocycles. The predicted molar refractivity (Wildman–Crippen MR) is 135 cm³/mol. The molecule has 2 atom stereocenters. The molecule has 3 amide bonds. The average Bonchev–Trinajstić information content (AvgIpc) is 3.11. The van der Waals surface area contributed by atoms with E-state index < -0.39 is 23.6 Å². The predicted octanol–water partition coefficient (Wildman–Crippen LogP) is 4.71. The Morgan fingerprint density at radius 3 is 2.26 bits per heavy atom. The van der Waals surface area contributed by atoms with Crippen molar-refractivity contribution in [2.45, 2.75) is 18.6 Å². The number of rotatable bonds is 7. The zero-order valence-electron chi connectivity index (χ0n) is 19.3. The van der Waals surface area contributed by atoms with Gasteiger partial charge in [-0.3, -0.25) is 9.69 Å². The summed E-state index contributed by atoms with van der Waals surface area (Å²) in [4.78, 5) is 27.0. The van der Waals surface area contributed by atoms with Crippen molar-refractivity contribution in [3.63, 3.8) is 0 Å². The molecule has 2 N–H and O–H groups in total. The van der Waals surface area contributed by atoms with Crippen LogP contribution in [0, 0.1) is 0 Å². The minimum absolute atomic E-state index is 0.0472.